The molecular weight excluding hydrogens is 334 g/mol. The molecule has 0 spiro atoms. The van der Waals surface area contributed by atoms with Crippen LogP contribution in [0.5, 0.6) is 5.75 Å². The van der Waals surface area contributed by atoms with E-state index in [4.69, 9.17) is 9.47 Å². The van der Waals surface area contributed by atoms with E-state index in [1.165, 1.54) is 32.1 Å². The lowest BCUT2D eigenvalue weighted by atomic mass is 9.91. The van der Waals surface area contributed by atoms with Crippen molar-refractivity contribution in [2.24, 2.45) is 5.92 Å². The Morgan fingerprint density at radius 2 is 1.85 bits per heavy atom. The molecule has 2 fully saturated rings. The van der Waals surface area contributed by atoms with Crippen molar-refractivity contribution in [1.82, 2.24) is 4.90 Å². The van der Waals surface area contributed by atoms with Gasteiger partial charge in [0.2, 0.25) is 0 Å². The molecule has 1 saturated carbocycles. The normalized spacial score (nSPS) is 20.7. The lowest BCUT2D eigenvalue weighted by Gasteiger charge is -2.30. The van der Waals surface area contributed by atoms with Gasteiger partial charge in [0, 0.05) is 12.3 Å². The molecule has 3 rings (SSSR count). The fourth-order valence-electron chi connectivity index (χ4n) is 3.43. The highest BCUT2D eigenvalue weighted by Crippen LogP contribution is 2.22. The largest absolute Gasteiger partial charge is 0.497 e. The predicted octanol–water partition coefficient (Wildman–Crippen LogP) is 4.69. The highest BCUT2D eigenvalue weighted by atomic mass is 16.5. The average molecular weight is 374 g/mol. The van der Waals surface area contributed by atoms with Crippen LogP contribution in [0.1, 0.15) is 59.8 Å². The first-order valence-electron chi connectivity index (χ1n) is 10.4. The third kappa shape index (κ3) is 6.97. The minimum atomic E-state index is 0.718. The van der Waals surface area contributed by atoms with Crippen molar-refractivity contribution in [2.75, 3.05) is 27.3 Å². The van der Waals surface area contributed by atoms with E-state index in [1.807, 2.05) is 45.0 Å². The number of benzene rings is 1. The summed E-state index contributed by atoms with van der Waals surface area (Å²) in [7, 11) is 3.74. The molecule has 0 amide bonds. The molecular formula is C24H39NO2. The molecule has 3 nitrogen and oxygen atoms in total. The Hall–Kier alpha value is -1.90. The van der Waals surface area contributed by atoms with Gasteiger partial charge in [-0.25, -0.2) is 0 Å². The van der Waals surface area contributed by atoms with Gasteiger partial charge in [-0.3, -0.25) is 0 Å². The van der Waals surface area contributed by atoms with Gasteiger partial charge in [-0.05, 0) is 36.3 Å². The highest BCUT2D eigenvalue weighted by Gasteiger charge is 2.18. The molecule has 2 aliphatic rings. The van der Waals surface area contributed by atoms with Crippen molar-refractivity contribution in [3.8, 4) is 5.75 Å². The number of likely N-dealkylation sites (N-methyl/N-ethyl adjacent to an activating group) is 1. The Kier molecular flexibility index (Phi) is 10.7. The Morgan fingerprint density at radius 1 is 1.19 bits per heavy atom. The van der Waals surface area contributed by atoms with Crippen LogP contribution in [0.15, 0.2) is 30.0 Å². The molecule has 1 aromatic carbocycles. The first-order valence-corrected chi connectivity index (χ1v) is 10.4. The first kappa shape index (κ1) is 23.1. The number of allylic oxidation sites excluding steroid dienone is 1. The second kappa shape index (κ2) is 12.5. The summed E-state index contributed by atoms with van der Waals surface area (Å²) in [6, 6.07) is 5.90. The number of rotatable bonds is 1. The molecule has 0 N–H and O–H groups in total. The standard InChI is InChI=1S/C15H19NO2.C7H14.C2H6/c1-5-14-15(16(3)8-9-18-14)13-10-12(17-4)7-6-11(13)2;1-7-5-3-2-4-6-7;1-2/h5-7,10H,2,8-9H2,1,3-4H3;7H,2-6H2,1H3;1-2H3/b14-5+,15-13+;;. The van der Waals surface area contributed by atoms with Gasteiger partial charge in [0.1, 0.15) is 18.1 Å². The summed E-state index contributed by atoms with van der Waals surface area (Å²) >= 11 is 0. The number of ether oxygens (including phenoxy) is 2. The van der Waals surface area contributed by atoms with E-state index in [-0.39, 0.29) is 0 Å². The summed E-state index contributed by atoms with van der Waals surface area (Å²) in [5.41, 5.74) is 1.08. The third-order valence-corrected chi connectivity index (χ3v) is 5.03. The number of morpholine rings is 1. The van der Waals surface area contributed by atoms with Gasteiger partial charge in [0.15, 0.2) is 0 Å². The minimum Gasteiger partial charge on any atom is -0.497 e. The van der Waals surface area contributed by atoms with Crippen LogP contribution in [0.3, 0.4) is 0 Å². The van der Waals surface area contributed by atoms with E-state index >= 15 is 0 Å². The van der Waals surface area contributed by atoms with Crippen LogP contribution in [0, 0.1) is 5.92 Å². The van der Waals surface area contributed by atoms with Gasteiger partial charge in [0.05, 0.1) is 19.4 Å². The molecule has 0 unspecified atom stereocenters. The van der Waals surface area contributed by atoms with Crippen LogP contribution >= 0.6 is 0 Å². The summed E-state index contributed by atoms with van der Waals surface area (Å²) in [4.78, 5) is 2.20. The van der Waals surface area contributed by atoms with Crippen molar-refractivity contribution in [2.45, 2.75) is 59.8 Å². The van der Waals surface area contributed by atoms with Crippen LogP contribution in [0.25, 0.3) is 12.3 Å². The fraction of sp³-hybridized carbons (Fsp3) is 0.583. The zero-order valence-electron chi connectivity index (χ0n) is 18.3. The van der Waals surface area contributed by atoms with Gasteiger partial charge >= 0.3 is 0 Å². The summed E-state index contributed by atoms with van der Waals surface area (Å²) in [5, 5.41) is 2.03. The van der Waals surface area contributed by atoms with Crippen molar-refractivity contribution in [1.29, 1.82) is 0 Å². The minimum absolute atomic E-state index is 0.718. The maximum Gasteiger partial charge on any atom is 0.139 e. The number of methoxy groups -OCH3 is 1. The topological polar surface area (TPSA) is 21.7 Å². The molecule has 0 radical (unpaired) electrons. The molecule has 27 heavy (non-hydrogen) atoms. The first-order chi connectivity index (χ1) is 13.1. The molecule has 3 heteroatoms. The third-order valence-electron chi connectivity index (χ3n) is 5.03. The van der Waals surface area contributed by atoms with E-state index in [1.54, 1.807) is 7.11 Å². The van der Waals surface area contributed by atoms with E-state index < -0.39 is 0 Å². The van der Waals surface area contributed by atoms with E-state index in [2.05, 4.69) is 25.5 Å². The Bertz CT molecular complexity index is 687. The van der Waals surface area contributed by atoms with E-state index in [0.29, 0.717) is 0 Å². The molecule has 1 saturated heterocycles. The zero-order valence-corrected chi connectivity index (χ0v) is 18.3. The Balaban J connectivity index is 0.000000338. The van der Waals surface area contributed by atoms with Crippen LogP contribution in [-0.2, 0) is 4.74 Å². The monoisotopic (exact) mass is 373 g/mol. The second-order valence-electron chi connectivity index (χ2n) is 7.04. The van der Waals surface area contributed by atoms with Crippen molar-refractivity contribution in [3.63, 3.8) is 0 Å². The van der Waals surface area contributed by atoms with E-state index in [9.17, 15) is 0 Å². The van der Waals surface area contributed by atoms with Gasteiger partial charge in [0.25, 0.3) is 0 Å². The Morgan fingerprint density at radius 3 is 2.37 bits per heavy atom. The van der Waals surface area contributed by atoms with Crippen LogP contribution in [-0.4, -0.2) is 32.2 Å². The van der Waals surface area contributed by atoms with Gasteiger partial charge in [-0.1, -0.05) is 65.5 Å². The lowest BCUT2D eigenvalue weighted by molar-refractivity contribution is 0.166. The highest BCUT2D eigenvalue weighted by molar-refractivity contribution is 5.61. The van der Waals surface area contributed by atoms with Gasteiger partial charge in [-0.15, -0.1) is 0 Å². The van der Waals surface area contributed by atoms with Crippen molar-refractivity contribution >= 4 is 12.3 Å². The average Bonchev–Trinajstić information content (AvgIpc) is 2.71. The van der Waals surface area contributed by atoms with Crippen LogP contribution in [0.4, 0.5) is 0 Å². The summed E-state index contributed by atoms with van der Waals surface area (Å²) in [6.45, 7) is 14.0. The van der Waals surface area contributed by atoms with Gasteiger partial charge < -0.3 is 14.4 Å². The maximum absolute atomic E-state index is 5.71. The quantitative estimate of drug-likeness (QED) is 0.713. The summed E-state index contributed by atoms with van der Waals surface area (Å²) in [5.74, 6) is 2.77. The number of hydrogen-bond donors (Lipinski definition) is 0. The van der Waals surface area contributed by atoms with Crippen LogP contribution in [0.2, 0.25) is 0 Å². The SMILES string of the molecule is C=c1ccc(OC)c/c1=C1/C(=C\C)OCCN1C.CC.CC1CCCCC1. The zero-order chi connectivity index (χ0) is 20.2. The molecule has 1 aliphatic heterocycles. The van der Waals surface area contributed by atoms with Gasteiger partial charge in [-0.2, -0.15) is 0 Å². The molecule has 152 valence electrons. The smallest absolute Gasteiger partial charge is 0.139 e. The second-order valence-corrected chi connectivity index (χ2v) is 7.04. The molecule has 0 atom stereocenters. The van der Waals surface area contributed by atoms with Crippen LogP contribution < -0.4 is 15.2 Å². The lowest BCUT2D eigenvalue weighted by Crippen LogP contribution is -2.38. The summed E-state index contributed by atoms with van der Waals surface area (Å²) in [6.07, 6.45) is 9.43. The molecule has 1 heterocycles. The maximum atomic E-state index is 5.71. The fourth-order valence-corrected chi connectivity index (χ4v) is 3.43. The number of nitrogens with zero attached hydrogens (tertiary/aromatic N) is 1. The van der Waals surface area contributed by atoms with Crippen molar-refractivity contribution < 1.29 is 9.47 Å². The molecule has 0 bridgehead atoms. The van der Waals surface area contributed by atoms with E-state index in [0.717, 1.165) is 46.7 Å². The summed E-state index contributed by atoms with van der Waals surface area (Å²) < 4.78 is 11.0. The molecule has 1 aliphatic carbocycles. The molecule has 0 aromatic heterocycles. The molecule has 1 aromatic rings. The Labute approximate surface area is 166 Å². The van der Waals surface area contributed by atoms with Crippen molar-refractivity contribution in [3.05, 3.63) is 40.5 Å². The predicted molar refractivity (Wildman–Crippen MR) is 117 cm³/mol. The number of hydrogen-bond acceptors (Lipinski definition) is 3.